The molecule has 38 heavy (non-hydrogen) atoms. The standard InChI is InChI=1S/C25H27N3O9S/c1-15-8-9-16(38(32,33)28(2)3)11-18(15)26-23(29)14-37-25(31)17-12-21(34-4)22(35-5)13-19(17)27-24(30)20-7-6-10-36-20/h6-13H,14H2,1-5H3,(H,26,29)(H,27,30). The molecule has 0 radical (unpaired) electrons. The summed E-state index contributed by atoms with van der Waals surface area (Å²) >= 11 is 0. The van der Waals surface area contributed by atoms with Crippen LogP contribution in [-0.4, -0.2) is 65.4 Å². The minimum atomic E-state index is -3.72. The molecule has 0 unspecified atom stereocenters. The van der Waals surface area contributed by atoms with Crippen molar-refractivity contribution in [3.63, 3.8) is 0 Å². The topological polar surface area (TPSA) is 153 Å². The van der Waals surface area contributed by atoms with Gasteiger partial charge in [-0.3, -0.25) is 9.59 Å². The third-order valence-corrected chi connectivity index (χ3v) is 7.14. The van der Waals surface area contributed by atoms with Crippen LogP contribution in [0.1, 0.15) is 26.5 Å². The Bertz CT molecular complexity index is 1450. The smallest absolute Gasteiger partial charge is 0.340 e. The van der Waals surface area contributed by atoms with E-state index in [1.165, 1.54) is 71.0 Å². The second-order valence-corrected chi connectivity index (χ2v) is 10.2. The van der Waals surface area contributed by atoms with Crippen molar-refractivity contribution in [2.75, 3.05) is 45.6 Å². The van der Waals surface area contributed by atoms with Gasteiger partial charge in [0.2, 0.25) is 10.0 Å². The predicted octanol–water partition coefficient (Wildman–Crippen LogP) is 2.90. The molecule has 202 valence electrons. The zero-order valence-corrected chi connectivity index (χ0v) is 22.2. The lowest BCUT2D eigenvalue weighted by Gasteiger charge is -2.16. The Morgan fingerprint density at radius 2 is 1.63 bits per heavy atom. The van der Waals surface area contributed by atoms with E-state index in [2.05, 4.69) is 10.6 Å². The highest BCUT2D eigenvalue weighted by Gasteiger charge is 2.23. The fraction of sp³-hybridized carbons (Fsp3) is 0.240. The van der Waals surface area contributed by atoms with E-state index in [1.807, 2.05) is 0 Å². The molecule has 13 heteroatoms. The molecule has 0 aliphatic carbocycles. The third-order valence-electron chi connectivity index (χ3n) is 5.33. The minimum absolute atomic E-state index is 0.00682. The Balaban J connectivity index is 1.78. The van der Waals surface area contributed by atoms with Gasteiger partial charge in [0, 0.05) is 31.9 Å². The number of furan rings is 1. The van der Waals surface area contributed by atoms with Crippen molar-refractivity contribution in [3.8, 4) is 11.5 Å². The van der Waals surface area contributed by atoms with Gasteiger partial charge in [-0.05, 0) is 36.8 Å². The van der Waals surface area contributed by atoms with Crippen LogP contribution in [0.25, 0.3) is 0 Å². The zero-order chi connectivity index (χ0) is 28.0. The summed E-state index contributed by atoms with van der Waals surface area (Å²) in [6.07, 6.45) is 1.32. The summed E-state index contributed by atoms with van der Waals surface area (Å²) in [4.78, 5) is 38.0. The lowest BCUT2D eigenvalue weighted by Crippen LogP contribution is -2.24. The molecule has 2 aromatic carbocycles. The number of carbonyl (C=O) groups excluding carboxylic acids is 3. The number of amides is 2. The van der Waals surface area contributed by atoms with E-state index in [-0.39, 0.29) is 39.1 Å². The monoisotopic (exact) mass is 545 g/mol. The Morgan fingerprint density at radius 1 is 0.947 bits per heavy atom. The molecule has 3 aromatic rings. The van der Waals surface area contributed by atoms with Gasteiger partial charge in [0.05, 0.1) is 36.6 Å². The Hall–Kier alpha value is -4.36. The van der Waals surface area contributed by atoms with Crippen LogP contribution < -0.4 is 20.1 Å². The number of sulfonamides is 1. The first-order chi connectivity index (χ1) is 18.0. The van der Waals surface area contributed by atoms with Crippen LogP contribution in [0.5, 0.6) is 11.5 Å². The molecular formula is C25H27N3O9S. The van der Waals surface area contributed by atoms with Crippen molar-refractivity contribution in [1.82, 2.24) is 4.31 Å². The van der Waals surface area contributed by atoms with Gasteiger partial charge in [0.15, 0.2) is 23.9 Å². The van der Waals surface area contributed by atoms with Gasteiger partial charge >= 0.3 is 5.97 Å². The molecule has 1 heterocycles. The Labute approximate surface area is 219 Å². The molecule has 2 N–H and O–H groups in total. The SMILES string of the molecule is COc1cc(NC(=O)c2ccco2)c(C(=O)OCC(=O)Nc2cc(S(=O)(=O)N(C)C)ccc2C)cc1OC. The minimum Gasteiger partial charge on any atom is -0.493 e. The van der Waals surface area contributed by atoms with Crippen molar-refractivity contribution in [2.45, 2.75) is 11.8 Å². The van der Waals surface area contributed by atoms with E-state index in [9.17, 15) is 22.8 Å². The third kappa shape index (κ3) is 6.30. The van der Waals surface area contributed by atoms with E-state index in [0.29, 0.717) is 5.56 Å². The highest BCUT2D eigenvalue weighted by molar-refractivity contribution is 7.89. The molecule has 0 saturated carbocycles. The molecule has 0 saturated heterocycles. The quantitative estimate of drug-likeness (QED) is 0.366. The van der Waals surface area contributed by atoms with Crippen molar-refractivity contribution >= 4 is 39.2 Å². The number of methoxy groups -OCH3 is 2. The molecule has 2 amide bonds. The van der Waals surface area contributed by atoms with E-state index in [1.54, 1.807) is 13.0 Å². The predicted molar refractivity (Wildman–Crippen MR) is 137 cm³/mol. The summed E-state index contributed by atoms with van der Waals surface area (Å²) in [5.74, 6) is -1.84. The number of hydrogen-bond donors (Lipinski definition) is 2. The van der Waals surface area contributed by atoms with Crippen molar-refractivity contribution < 1.29 is 41.4 Å². The summed E-state index contributed by atoms with van der Waals surface area (Å²) < 4.78 is 46.6. The number of nitrogens with one attached hydrogen (secondary N) is 2. The number of nitrogens with zero attached hydrogens (tertiary/aromatic N) is 1. The Kier molecular flexibility index (Phi) is 8.76. The average molecular weight is 546 g/mol. The fourth-order valence-electron chi connectivity index (χ4n) is 3.25. The second kappa shape index (κ2) is 11.8. The maximum absolute atomic E-state index is 12.9. The first-order valence-corrected chi connectivity index (χ1v) is 12.5. The average Bonchev–Trinajstić information content (AvgIpc) is 3.43. The second-order valence-electron chi connectivity index (χ2n) is 8.07. The molecule has 12 nitrogen and oxygen atoms in total. The van der Waals surface area contributed by atoms with Crippen molar-refractivity contribution in [3.05, 3.63) is 65.6 Å². The number of hydrogen-bond acceptors (Lipinski definition) is 9. The van der Waals surface area contributed by atoms with Crippen LogP contribution in [0, 0.1) is 6.92 Å². The van der Waals surface area contributed by atoms with Gasteiger partial charge in [-0.1, -0.05) is 6.07 Å². The van der Waals surface area contributed by atoms with Crippen LogP contribution in [0.2, 0.25) is 0 Å². The summed E-state index contributed by atoms with van der Waals surface area (Å²) in [6, 6.07) is 9.95. The largest absolute Gasteiger partial charge is 0.493 e. The van der Waals surface area contributed by atoms with Gasteiger partial charge in [-0.15, -0.1) is 0 Å². The highest BCUT2D eigenvalue weighted by Crippen LogP contribution is 2.34. The molecule has 3 rings (SSSR count). The number of carbonyl (C=O) groups is 3. The lowest BCUT2D eigenvalue weighted by molar-refractivity contribution is -0.119. The molecule has 0 atom stereocenters. The van der Waals surface area contributed by atoms with Crippen LogP contribution in [0.4, 0.5) is 11.4 Å². The maximum Gasteiger partial charge on any atom is 0.340 e. The van der Waals surface area contributed by atoms with Crippen LogP contribution in [-0.2, 0) is 19.6 Å². The fourth-order valence-corrected chi connectivity index (χ4v) is 4.17. The summed E-state index contributed by atoms with van der Waals surface area (Å²) in [7, 11) is 1.82. The number of aryl methyl sites for hydroxylation is 1. The van der Waals surface area contributed by atoms with Crippen LogP contribution in [0.15, 0.2) is 58.0 Å². The van der Waals surface area contributed by atoms with Gasteiger partial charge in [0.25, 0.3) is 11.8 Å². The maximum atomic E-state index is 12.9. The lowest BCUT2D eigenvalue weighted by atomic mass is 10.1. The summed E-state index contributed by atoms with van der Waals surface area (Å²) in [5, 5.41) is 5.10. The molecule has 0 spiro atoms. The van der Waals surface area contributed by atoms with Gasteiger partial charge < -0.3 is 29.3 Å². The van der Waals surface area contributed by atoms with E-state index in [0.717, 1.165) is 4.31 Å². The molecule has 0 fully saturated rings. The van der Waals surface area contributed by atoms with E-state index in [4.69, 9.17) is 18.6 Å². The highest BCUT2D eigenvalue weighted by atomic mass is 32.2. The zero-order valence-electron chi connectivity index (χ0n) is 21.4. The molecule has 0 aliphatic heterocycles. The van der Waals surface area contributed by atoms with E-state index >= 15 is 0 Å². The number of ether oxygens (including phenoxy) is 3. The van der Waals surface area contributed by atoms with Gasteiger partial charge in [-0.2, -0.15) is 0 Å². The van der Waals surface area contributed by atoms with Gasteiger partial charge in [0.1, 0.15) is 0 Å². The normalized spacial score (nSPS) is 11.1. The number of esters is 1. The van der Waals surface area contributed by atoms with Crippen LogP contribution in [0.3, 0.4) is 0 Å². The van der Waals surface area contributed by atoms with Crippen molar-refractivity contribution in [2.24, 2.45) is 0 Å². The van der Waals surface area contributed by atoms with Gasteiger partial charge in [-0.25, -0.2) is 17.5 Å². The molecule has 0 bridgehead atoms. The van der Waals surface area contributed by atoms with Crippen molar-refractivity contribution in [1.29, 1.82) is 0 Å². The Morgan fingerprint density at radius 3 is 2.24 bits per heavy atom. The molecular weight excluding hydrogens is 518 g/mol. The number of rotatable bonds is 10. The summed E-state index contributed by atoms with van der Waals surface area (Å²) in [5.41, 5.74) is 0.772. The van der Waals surface area contributed by atoms with E-state index < -0.39 is 34.4 Å². The number of anilines is 2. The molecule has 1 aromatic heterocycles. The summed E-state index contributed by atoms with van der Waals surface area (Å²) in [6.45, 7) is 0.994. The first kappa shape index (κ1) is 28.2. The number of benzene rings is 2. The van der Waals surface area contributed by atoms with Crippen LogP contribution >= 0.6 is 0 Å². The molecule has 0 aliphatic rings. The first-order valence-electron chi connectivity index (χ1n) is 11.1.